The molecule has 15 heavy (non-hydrogen) atoms. The second-order valence-electron chi connectivity index (χ2n) is 3.17. The fourth-order valence-electron chi connectivity index (χ4n) is 0.884. The first-order valence-corrected chi connectivity index (χ1v) is 4.86. The average molecular weight is 217 g/mol. The minimum atomic E-state index is -0.421. The molecule has 0 bridgehead atoms. The molecule has 0 saturated carbocycles. The fraction of sp³-hybridized carbons (Fsp3) is 0.778. The van der Waals surface area contributed by atoms with Gasteiger partial charge in [0.15, 0.2) is 0 Å². The number of carbonyl (C=O) groups excluding carboxylic acids is 2. The summed E-state index contributed by atoms with van der Waals surface area (Å²) in [5, 5.41) is 5.50. The van der Waals surface area contributed by atoms with E-state index in [4.69, 9.17) is 10.5 Å². The molecule has 88 valence electrons. The van der Waals surface area contributed by atoms with E-state index in [0.717, 1.165) is 0 Å². The average Bonchev–Trinajstić information content (AvgIpc) is 2.18. The van der Waals surface area contributed by atoms with E-state index in [2.05, 4.69) is 10.6 Å². The molecule has 6 heteroatoms. The summed E-state index contributed by atoms with van der Waals surface area (Å²) in [6.07, 6.45) is 0.321. The van der Waals surface area contributed by atoms with Crippen molar-refractivity contribution in [1.29, 1.82) is 0 Å². The van der Waals surface area contributed by atoms with Gasteiger partial charge in [-0.25, -0.2) is 0 Å². The molecular weight excluding hydrogens is 198 g/mol. The molecule has 0 aliphatic heterocycles. The van der Waals surface area contributed by atoms with Gasteiger partial charge in [0.25, 0.3) is 0 Å². The van der Waals surface area contributed by atoms with Crippen molar-refractivity contribution < 1.29 is 14.3 Å². The summed E-state index contributed by atoms with van der Waals surface area (Å²) in [6.45, 7) is 3.09. The van der Waals surface area contributed by atoms with Gasteiger partial charge < -0.3 is 21.1 Å². The molecule has 4 N–H and O–H groups in total. The van der Waals surface area contributed by atoms with E-state index in [1.54, 1.807) is 14.0 Å². The lowest BCUT2D eigenvalue weighted by atomic mass is 10.3. The van der Waals surface area contributed by atoms with Crippen LogP contribution in [0.15, 0.2) is 0 Å². The molecule has 1 unspecified atom stereocenters. The van der Waals surface area contributed by atoms with Crippen molar-refractivity contribution in [2.45, 2.75) is 19.4 Å². The Hall–Kier alpha value is -1.14. The third-order valence-corrected chi connectivity index (χ3v) is 1.86. The number of nitrogens with two attached hydrogens (primary N) is 1. The third-order valence-electron chi connectivity index (χ3n) is 1.86. The molecule has 6 nitrogen and oxygen atoms in total. The van der Waals surface area contributed by atoms with Crippen LogP contribution in [0.2, 0.25) is 0 Å². The van der Waals surface area contributed by atoms with E-state index < -0.39 is 11.9 Å². The first kappa shape index (κ1) is 13.9. The zero-order valence-corrected chi connectivity index (χ0v) is 9.21. The topological polar surface area (TPSA) is 93.4 Å². The van der Waals surface area contributed by atoms with Crippen LogP contribution in [0.4, 0.5) is 0 Å². The molecule has 0 radical (unpaired) electrons. The van der Waals surface area contributed by atoms with Crippen molar-refractivity contribution >= 4 is 11.8 Å². The Kier molecular flexibility index (Phi) is 7.57. The highest BCUT2D eigenvalue weighted by molar-refractivity contribution is 5.79. The van der Waals surface area contributed by atoms with E-state index in [9.17, 15) is 9.59 Å². The predicted octanol–water partition coefficient (Wildman–Crippen LogP) is -1.40. The number of ether oxygens (including phenoxy) is 1. The number of rotatable bonds is 8. The van der Waals surface area contributed by atoms with Crippen molar-refractivity contribution in [3.8, 4) is 0 Å². The quantitative estimate of drug-likeness (QED) is 0.436. The number of carbonyl (C=O) groups is 2. The lowest BCUT2D eigenvalue weighted by Crippen LogP contribution is -2.40. The molecule has 0 saturated heterocycles. The first-order chi connectivity index (χ1) is 7.07. The van der Waals surface area contributed by atoms with Gasteiger partial charge in [-0.15, -0.1) is 0 Å². The van der Waals surface area contributed by atoms with Crippen molar-refractivity contribution in [3.05, 3.63) is 0 Å². The minimum Gasteiger partial charge on any atom is -0.383 e. The minimum absolute atomic E-state index is 0.0729. The number of nitrogens with one attached hydrogen (secondary N) is 2. The normalized spacial score (nSPS) is 12.1. The maximum absolute atomic E-state index is 11.1. The van der Waals surface area contributed by atoms with Crippen molar-refractivity contribution in [2.75, 3.05) is 26.8 Å². The van der Waals surface area contributed by atoms with E-state index >= 15 is 0 Å². The Morgan fingerprint density at radius 3 is 2.60 bits per heavy atom. The number of amides is 2. The monoisotopic (exact) mass is 217 g/mol. The highest BCUT2D eigenvalue weighted by Crippen LogP contribution is 1.82. The molecule has 0 aliphatic rings. The second-order valence-corrected chi connectivity index (χ2v) is 3.17. The van der Waals surface area contributed by atoms with Crippen LogP contribution in [0.5, 0.6) is 0 Å². The van der Waals surface area contributed by atoms with Crippen LogP contribution < -0.4 is 16.4 Å². The van der Waals surface area contributed by atoms with E-state index in [-0.39, 0.29) is 5.91 Å². The zero-order valence-electron chi connectivity index (χ0n) is 9.21. The van der Waals surface area contributed by atoms with Crippen LogP contribution in [-0.4, -0.2) is 44.7 Å². The van der Waals surface area contributed by atoms with Crippen LogP contribution in [0.25, 0.3) is 0 Å². The predicted molar refractivity (Wildman–Crippen MR) is 56.2 cm³/mol. The molecule has 0 aromatic rings. The van der Waals surface area contributed by atoms with Crippen LogP contribution in [-0.2, 0) is 14.3 Å². The highest BCUT2D eigenvalue weighted by Gasteiger charge is 2.07. The Morgan fingerprint density at radius 2 is 2.07 bits per heavy atom. The van der Waals surface area contributed by atoms with Crippen LogP contribution in [0.3, 0.4) is 0 Å². The maximum atomic E-state index is 11.1. The summed E-state index contributed by atoms with van der Waals surface area (Å²) in [5.41, 5.74) is 5.03. The Morgan fingerprint density at radius 1 is 1.40 bits per heavy atom. The number of primary amides is 1. The molecule has 0 aromatic carbocycles. The van der Waals surface area contributed by atoms with E-state index in [1.165, 1.54) is 0 Å². The van der Waals surface area contributed by atoms with Crippen LogP contribution >= 0.6 is 0 Å². The van der Waals surface area contributed by atoms with Crippen molar-refractivity contribution in [1.82, 2.24) is 10.6 Å². The van der Waals surface area contributed by atoms with Gasteiger partial charge in [0.1, 0.15) is 0 Å². The number of hydrogen-bond acceptors (Lipinski definition) is 4. The third kappa shape index (κ3) is 7.90. The molecule has 0 rings (SSSR count). The SMILES string of the molecule is COCCNC(=O)CCNC(C)C(N)=O. The summed E-state index contributed by atoms with van der Waals surface area (Å²) >= 11 is 0. The molecular formula is C9H19N3O3. The summed E-state index contributed by atoms with van der Waals surface area (Å²) in [6, 6.07) is -0.406. The van der Waals surface area contributed by atoms with E-state index in [0.29, 0.717) is 26.1 Å². The van der Waals surface area contributed by atoms with Gasteiger partial charge >= 0.3 is 0 Å². The van der Waals surface area contributed by atoms with Crippen molar-refractivity contribution in [3.63, 3.8) is 0 Å². The summed E-state index contributed by atoms with van der Waals surface area (Å²) in [7, 11) is 1.57. The van der Waals surface area contributed by atoms with Gasteiger partial charge in [-0.1, -0.05) is 0 Å². The smallest absolute Gasteiger partial charge is 0.234 e. The Bertz CT molecular complexity index is 209. The molecule has 2 amide bonds. The summed E-state index contributed by atoms with van der Waals surface area (Å²) in [5.74, 6) is -0.494. The zero-order chi connectivity index (χ0) is 11.7. The van der Waals surface area contributed by atoms with E-state index in [1.807, 2.05) is 0 Å². The van der Waals surface area contributed by atoms with Crippen LogP contribution in [0, 0.1) is 0 Å². The Labute approximate surface area is 89.5 Å². The lowest BCUT2D eigenvalue weighted by Gasteiger charge is -2.09. The largest absolute Gasteiger partial charge is 0.383 e. The van der Waals surface area contributed by atoms with Gasteiger partial charge in [0.2, 0.25) is 11.8 Å². The van der Waals surface area contributed by atoms with Gasteiger partial charge in [-0.05, 0) is 6.92 Å². The molecule has 0 aliphatic carbocycles. The molecule has 0 heterocycles. The maximum Gasteiger partial charge on any atom is 0.234 e. The van der Waals surface area contributed by atoms with Crippen LogP contribution in [0.1, 0.15) is 13.3 Å². The van der Waals surface area contributed by atoms with Gasteiger partial charge in [0.05, 0.1) is 12.6 Å². The Balaban J connectivity index is 3.42. The summed E-state index contributed by atoms with van der Waals surface area (Å²) in [4.78, 5) is 21.8. The molecule has 0 fully saturated rings. The molecule has 1 atom stereocenters. The van der Waals surface area contributed by atoms with Gasteiger partial charge in [-0.2, -0.15) is 0 Å². The standard InChI is InChI=1S/C9H19N3O3/c1-7(9(10)14)11-4-3-8(13)12-5-6-15-2/h7,11H,3-6H2,1-2H3,(H2,10,14)(H,12,13). The fourth-order valence-corrected chi connectivity index (χ4v) is 0.884. The molecule has 0 spiro atoms. The number of methoxy groups -OCH3 is 1. The highest BCUT2D eigenvalue weighted by atomic mass is 16.5. The number of hydrogen-bond donors (Lipinski definition) is 3. The summed E-state index contributed by atoms with van der Waals surface area (Å²) < 4.78 is 4.77. The second kappa shape index (κ2) is 8.19. The van der Waals surface area contributed by atoms with Gasteiger partial charge in [0, 0.05) is 26.6 Å². The van der Waals surface area contributed by atoms with Gasteiger partial charge in [-0.3, -0.25) is 9.59 Å². The lowest BCUT2D eigenvalue weighted by molar-refractivity contribution is -0.122. The van der Waals surface area contributed by atoms with Crippen molar-refractivity contribution in [2.24, 2.45) is 5.73 Å². The first-order valence-electron chi connectivity index (χ1n) is 4.86. The molecule has 0 aromatic heterocycles.